The van der Waals surface area contributed by atoms with Gasteiger partial charge in [0, 0.05) is 12.8 Å². The summed E-state index contributed by atoms with van der Waals surface area (Å²) in [7, 11) is -1.82. The van der Waals surface area contributed by atoms with Crippen molar-refractivity contribution in [2.24, 2.45) is 0 Å². The van der Waals surface area contributed by atoms with Gasteiger partial charge >= 0.3 is 0 Å². The van der Waals surface area contributed by atoms with Gasteiger partial charge in [0.25, 0.3) is 5.91 Å². The van der Waals surface area contributed by atoms with Crippen LogP contribution in [0.4, 0.5) is 11.4 Å². The molecule has 0 aromatic heterocycles. The van der Waals surface area contributed by atoms with Crippen molar-refractivity contribution < 1.29 is 17.9 Å². The number of hydrogen-bond acceptors (Lipinski definition) is 5. The number of sulfonamides is 1. The number of rotatable bonds is 5. The van der Waals surface area contributed by atoms with Crippen molar-refractivity contribution in [1.82, 2.24) is 5.32 Å². The molecule has 0 spiro atoms. The molecule has 0 atom stereocenters. The lowest BCUT2D eigenvalue weighted by Gasteiger charge is -2.34. The second-order valence-electron chi connectivity index (χ2n) is 5.36. The zero-order chi connectivity index (χ0) is 16.2. The monoisotopic (exact) mass is 327 g/mol. The van der Waals surface area contributed by atoms with E-state index in [1.165, 1.54) is 7.11 Å². The Kier molecular flexibility index (Phi) is 5.05. The van der Waals surface area contributed by atoms with E-state index >= 15 is 0 Å². The fourth-order valence-corrected chi connectivity index (χ4v) is 3.03. The predicted molar refractivity (Wildman–Crippen MR) is 85.4 cm³/mol. The van der Waals surface area contributed by atoms with Crippen molar-refractivity contribution in [2.45, 2.75) is 18.4 Å². The van der Waals surface area contributed by atoms with Gasteiger partial charge in [0.05, 0.1) is 11.9 Å². The SMILES string of the molecule is COC1(C(=O)Nc2cccc(NS(C)(=O)=O)c2)CCNCC1. The second kappa shape index (κ2) is 6.64. The van der Waals surface area contributed by atoms with Crippen LogP contribution in [-0.4, -0.2) is 46.4 Å². The van der Waals surface area contributed by atoms with Gasteiger partial charge in [-0.1, -0.05) is 6.07 Å². The molecule has 8 heteroatoms. The summed E-state index contributed by atoms with van der Waals surface area (Å²) < 4.78 is 30.3. The van der Waals surface area contributed by atoms with Crippen LogP contribution in [0.25, 0.3) is 0 Å². The van der Waals surface area contributed by atoms with E-state index in [2.05, 4.69) is 15.4 Å². The summed E-state index contributed by atoms with van der Waals surface area (Å²) in [5, 5.41) is 5.99. The van der Waals surface area contributed by atoms with Crippen molar-refractivity contribution in [3.8, 4) is 0 Å². The van der Waals surface area contributed by atoms with Gasteiger partial charge in [0.1, 0.15) is 5.60 Å². The molecule has 0 aliphatic carbocycles. The molecule has 122 valence electrons. The molecule has 1 aliphatic rings. The van der Waals surface area contributed by atoms with Crippen molar-refractivity contribution in [3.05, 3.63) is 24.3 Å². The first-order chi connectivity index (χ1) is 10.3. The summed E-state index contributed by atoms with van der Waals surface area (Å²) in [6, 6.07) is 6.57. The molecule has 3 N–H and O–H groups in total. The van der Waals surface area contributed by atoms with E-state index < -0.39 is 15.6 Å². The molecule has 1 amide bonds. The number of methoxy groups -OCH3 is 1. The lowest BCUT2D eigenvalue weighted by molar-refractivity contribution is -0.140. The molecule has 22 heavy (non-hydrogen) atoms. The number of carbonyl (C=O) groups is 1. The molecule has 1 aromatic carbocycles. The molecule has 1 aliphatic heterocycles. The number of piperidine rings is 1. The lowest BCUT2D eigenvalue weighted by atomic mass is 9.91. The quantitative estimate of drug-likeness (QED) is 0.742. The van der Waals surface area contributed by atoms with Gasteiger partial charge < -0.3 is 15.4 Å². The summed E-state index contributed by atoms with van der Waals surface area (Å²) in [6.45, 7) is 1.44. The number of benzene rings is 1. The Morgan fingerprint density at radius 2 is 1.91 bits per heavy atom. The van der Waals surface area contributed by atoms with Crippen molar-refractivity contribution in [1.29, 1.82) is 0 Å². The Morgan fingerprint density at radius 3 is 2.50 bits per heavy atom. The van der Waals surface area contributed by atoms with Gasteiger partial charge in [-0.15, -0.1) is 0 Å². The molecule has 2 rings (SSSR count). The van der Waals surface area contributed by atoms with E-state index in [1.54, 1.807) is 24.3 Å². The van der Waals surface area contributed by atoms with Crippen LogP contribution in [-0.2, 0) is 19.6 Å². The minimum Gasteiger partial charge on any atom is -0.368 e. The maximum absolute atomic E-state index is 12.5. The number of carbonyl (C=O) groups excluding carboxylic acids is 1. The zero-order valence-electron chi connectivity index (χ0n) is 12.7. The number of amides is 1. The van der Waals surface area contributed by atoms with Gasteiger partial charge in [0.2, 0.25) is 10.0 Å². The fourth-order valence-electron chi connectivity index (χ4n) is 2.47. The standard InChI is InChI=1S/C14H21N3O4S/c1-21-14(6-8-15-9-7-14)13(18)16-11-4-3-5-12(10-11)17-22(2,19)20/h3-5,10,15,17H,6-9H2,1-2H3,(H,16,18). The van der Waals surface area contributed by atoms with Crippen LogP contribution in [0.1, 0.15) is 12.8 Å². The summed E-state index contributed by atoms with van der Waals surface area (Å²) >= 11 is 0. The highest BCUT2D eigenvalue weighted by Gasteiger charge is 2.39. The molecule has 7 nitrogen and oxygen atoms in total. The Balaban J connectivity index is 2.12. The third-order valence-electron chi connectivity index (χ3n) is 3.64. The van der Waals surface area contributed by atoms with E-state index in [1.807, 2.05) is 0 Å². The molecule has 0 bridgehead atoms. The van der Waals surface area contributed by atoms with Crippen LogP contribution in [0.15, 0.2) is 24.3 Å². The number of anilines is 2. The third-order valence-corrected chi connectivity index (χ3v) is 4.25. The van der Waals surface area contributed by atoms with Gasteiger partial charge in [-0.2, -0.15) is 0 Å². The summed E-state index contributed by atoms with van der Waals surface area (Å²) in [5.41, 5.74) is 0.0802. The van der Waals surface area contributed by atoms with Crippen LogP contribution < -0.4 is 15.4 Å². The number of hydrogen-bond donors (Lipinski definition) is 3. The predicted octanol–water partition coefficient (Wildman–Crippen LogP) is 0.765. The maximum atomic E-state index is 12.5. The van der Waals surface area contributed by atoms with E-state index in [9.17, 15) is 13.2 Å². The lowest BCUT2D eigenvalue weighted by Crippen LogP contribution is -2.51. The molecule has 0 unspecified atom stereocenters. The first kappa shape index (κ1) is 16.7. The topological polar surface area (TPSA) is 96.5 Å². The second-order valence-corrected chi connectivity index (χ2v) is 7.11. The van der Waals surface area contributed by atoms with E-state index in [-0.39, 0.29) is 5.91 Å². The van der Waals surface area contributed by atoms with E-state index in [4.69, 9.17) is 4.74 Å². The van der Waals surface area contributed by atoms with Crippen LogP contribution in [0.5, 0.6) is 0 Å². The summed E-state index contributed by atoms with van der Waals surface area (Å²) in [4.78, 5) is 12.5. The summed E-state index contributed by atoms with van der Waals surface area (Å²) in [5.74, 6) is -0.215. The molecule has 1 heterocycles. The summed E-state index contributed by atoms with van der Waals surface area (Å²) in [6.07, 6.45) is 2.26. The number of nitrogens with one attached hydrogen (secondary N) is 3. The molecule has 1 aromatic rings. The molecular weight excluding hydrogens is 306 g/mol. The highest BCUT2D eigenvalue weighted by molar-refractivity contribution is 7.92. The Morgan fingerprint density at radius 1 is 1.27 bits per heavy atom. The van der Waals surface area contributed by atoms with Crippen molar-refractivity contribution in [3.63, 3.8) is 0 Å². The smallest absolute Gasteiger partial charge is 0.256 e. The first-order valence-corrected chi connectivity index (χ1v) is 8.89. The molecule has 0 radical (unpaired) electrons. The normalized spacial score (nSPS) is 17.7. The average Bonchev–Trinajstić information content (AvgIpc) is 2.46. The highest BCUT2D eigenvalue weighted by Crippen LogP contribution is 2.25. The minimum absolute atomic E-state index is 0.215. The maximum Gasteiger partial charge on any atom is 0.256 e. The van der Waals surface area contributed by atoms with Crippen LogP contribution in [0.2, 0.25) is 0 Å². The van der Waals surface area contributed by atoms with Crippen LogP contribution in [0, 0.1) is 0 Å². The zero-order valence-corrected chi connectivity index (χ0v) is 13.5. The molecule has 0 saturated carbocycles. The molecule has 1 fully saturated rings. The first-order valence-electron chi connectivity index (χ1n) is 7.00. The Hall–Kier alpha value is -1.64. The molecular formula is C14H21N3O4S. The third kappa shape index (κ3) is 4.19. The Bertz CT molecular complexity index is 639. The van der Waals surface area contributed by atoms with Crippen LogP contribution in [0.3, 0.4) is 0 Å². The van der Waals surface area contributed by atoms with Gasteiger partial charge in [-0.3, -0.25) is 9.52 Å². The fraction of sp³-hybridized carbons (Fsp3) is 0.500. The van der Waals surface area contributed by atoms with E-state index in [0.717, 1.165) is 19.3 Å². The van der Waals surface area contributed by atoms with Gasteiger partial charge in [-0.25, -0.2) is 8.42 Å². The van der Waals surface area contributed by atoms with Gasteiger partial charge in [-0.05, 0) is 44.1 Å². The van der Waals surface area contributed by atoms with Crippen molar-refractivity contribution in [2.75, 3.05) is 36.5 Å². The molecule has 1 saturated heterocycles. The average molecular weight is 327 g/mol. The van der Waals surface area contributed by atoms with Crippen molar-refractivity contribution >= 4 is 27.3 Å². The largest absolute Gasteiger partial charge is 0.368 e. The van der Waals surface area contributed by atoms with Crippen LogP contribution >= 0.6 is 0 Å². The van der Waals surface area contributed by atoms with Gasteiger partial charge in [0.15, 0.2) is 0 Å². The Labute approximate surface area is 130 Å². The highest BCUT2D eigenvalue weighted by atomic mass is 32.2. The minimum atomic E-state index is -3.36. The van der Waals surface area contributed by atoms with E-state index in [0.29, 0.717) is 24.2 Å². The number of ether oxygens (including phenoxy) is 1.